The van der Waals surface area contributed by atoms with Crippen LogP contribution in [0.15, 0.2) is 18.2 Å². The molecule has 2 N–H and O–H groups in total. The predicted molar refractivity (Wildman–Crippen MR) is 103 cm³/mol. The molecular formula is C21H28N2O3. The molecule has 1 aliphatic rings. The second-order valence-corrected chi connectivity index (χ2v) is 6.76. The zero-order valence-electron chi connectivity index (χ0n) is 15.9. The maximum absolute atomic E-state index is 12.3. The van der Waals surface area contributed by atoms with Crippen molar-refractivity contribution in [1.82, 2.24) is 4.57 Å². The zero-order chi connectivity index (χ0) is 18.7. The topological polar surface area (TPSA) is 66.5 Å². The highest BCUT2D eigenvalue weighted by molar-refractivity contribution is 6.02. The molecule has 0 aliphatic carbocycles. The van der Waals surface area contributed by atoms with Crippen molar-refractivity contribution in [3.63, 3.8) is 0 Å². The van der Waals surface area contributed by atoms with Crippen LogP contribution in [-0.4, -0.2) is 23.7 Å². The van der Waals surface area contributed by atoms with Crippen molar-refractivity contribution in [2.24, 2.45) is 5.73 Å². The van der Waals surface area contributed by atoms with Gasteiger partial charge in [-0.15, -0.1) is 0 Å². The standard InChI is InChI=1S/C21H28N2O3/c1-4-6-7-16-20(19(21(22)24)14(3)23(16)10-5-2)15-8-9-17-18(13-15)26-12-11-25-17/h8-9,13H,4-7,10-12H2,1-3H3,(H2,22,24). The number of unbranched alkanes of at least 4 members (excludes halogenated alkanes) is 1. The Morgan fingerprint density at radius 3 is 2.54 bits per heavy atom. The van der Waals surface area contributed by atoms with Gasteiger partial charge in [-0.3, -0.25) is 4.79 Å². The molecule has 26 heavy (non-hydrogen) atoms. The van der Waals surface area contributed by atoms with Gasteiger partial charge < -0.3 is 19.8 Å². The summed E-state index contributed by atoms with van der Waals surface area (Å²) in [6.07, 6.45) is 4.10. The summed E-state index contributed by atoms with van der Waals surface area (Å²) >= 11 is 0. The molecule has 5 nitrogen and oxygen atoms in total. The van der Waals surface area contributed by atoms with Crippen molar-refractivity contribution in [3.8, 4) is 22.6 Å². The van der Waals surface area contributed by atoms with Gasteiger partial charge in [0.15, 0.2) is 11.5 Å². The summed E-state index contributed by atoms with van der Waals surface area (Å²) in [5.74, 6) is 1.10. The second kappa shape index (κ2) is 7.85. The lowest BCUT2D eigenvalue weighted by Gasteiger charge is -2.19. The van der Waals surface area contributed by atoms with Crippen molar-refractivity contribution >= 4 is 5.91 Å². The minimum Gasteiger partial charge on any atom is -0.486 e. The number of benzene rings is 1. The average molecular weight is 356 g/mol. The maximum atomic E-state index is 12.3. The average Bonchev–Trinajstić information content (AvgIpc) is 2.92. The van der Waals surface area contributed by atoms with E-state index in [1.807, 2.05) is 25.1 Å². The van der Waals surface area contributed by atoms with Gasteiger partial charge in [0.2, 0.25) is 0 Å². The summed E-state index contributed by atoms with van der Waals surface area (Å²) in [5.41, 5.74) is 10.5. The van der Waals surface area contributed by atoms with Crippen molar-refractivity contribution < 1.29 is 14.3 Å². The lowest BCUT2D eigenvalue weighted by atomic mass is 9.97. The Morgan fingerprint density at radius 2 is 1.88 bits per heavy atom. The van der Waals surface area contributed by atoms with Gasteiger partial charge in [0, 0.05) is 23.5 Å². The van der Waals surface area contributed by atoms with E-state index in [2.05, 4.69) is 18.4 Å². The molecule has 1 aromatic carbocycles. The Kier molecular flexibility index (Phi) is 5.55. The first-order valence-corrected chi connectivity index (χ1v) is 9.50. The quantitative estimate of drug-likeness (QED) is 0.813. The van der Waals surface area contributed by atoms with E-state index in [9.17, 15) is 4.79 Å². The van der Waals surface area contributed by atoms with Crippen LogP contribution in [0, 0.1) is 6.92 Å². The minimum absolute atomic E-state index is 0.375. The van der Waals surface area contributed by atoms with E-state index in [0.717, 1.165) is 60.5 Å². The Balaban J connectivity index is 2.20. The molecule has 1 aliphatic heterocycles. The molecule has 0 fully saturated rings. The third-order valence-corrected chi connectivity index (χ3v) is 4.92. The predicted octanol–water partition coefficient (Wildman–Crippen LogP) is 4.09. The summed E-state index contributed by atoms with van der Waals surface area (Å²) in [6, 6.07) is 5.90. The number of aromatic nitrogens is 1. The molecule has 0 atom stereocenters. The van der Waals surface area contributed by atoms with E-state index < -0.39 is 0 Å². The number of carbonyl (C=O) groups is 1. The fraction of sp³-hybridized carbons (Fsp3) is 0.476. The van der Waals surface area contributed by atoms with Crippen molar-refractivity contribution in [2.45, 2.75) is 53.0 Å². The normalized spacial score (nSPS) is 13.0. The molecule has 2 heterocycles. The monoisotopic (exact) mass is 356 g/mol. The molecule has 0 saturated carbocycles. The number of nitrogens with zero attached hydrogens (tertiary/aromatic N) is 1. The first-order chi connectivity index (χ1) is 12.6. The third kappa shape index (κ3) is 3.30. The highest BCUT2D eigenvalue weighted by atomic mass is 16.6. The summed E-state index contributed by atoms with van der Waals surface area (Å²) in [5, 5.41) is 0. The summed E-state index contributed by atoms with van der Waals surface area (Å²) in [7, 11) is 0. The van der Waals surface area contributed by atoms with Gasteiger partial charge in [0.25, 0.3) is 5.91 Å². The molecule has 140 valence electrons. The van der Waals surface area contributed by atoms with Crippen LogP contribution < -0.4 is 15.2 Å². The number of primary amides is 1. The van der Waals surface area contributed by atoms with Crippen molar-refractivity contribution in [1.29, 1.82) is 0 Å². The fourth-order valence-electron chi connectivity index (χ4n) is 3.74. The van der Waals surface area contributed by atoms with Crippen molar-refractivity contribution in [3.05, 3.63) is 35.2 Å². The lowest BCUT2D eigenvalue weighted by molar-refractivity contribution is 0.1000. The number of fused-ring (bicyclic) bond motifs is 1. The SMILES string of the molecule is CCCCc1c(-c2ccc3c(c2)OCCO3)c(C(N)=O)c(C)n1CCC. The van der Waals surface area contributed by atoms with E-state index in [1.165, 1.54) is 5.69 Å². The van der Waals surface area contributed by atoms with E-state index in [4.69, 9.17) is 15.2 Å². The van der Waals surface area contributed by atoms with E-state index in [1.54, 1.807) is 0 Å². The van der Waals surface area contributed by atoms with Gasteiger partial charge in [-0.25, -0.2) is 0 Å². The first kappa shape index (κ1) is 18.4. The highest BCUT2D eigenvalue weighted by Gasteiger charge is 2.25. The van der Waals surface area contributed by atoms with Crippen LogP contribution in [0.25, 0.3) is 11.1 Å². The number of ether oxygens (including phenoxy) is 2. The number of rotatable bonds is 7. The molecule has 1 aromatic heterocycles. The molecule has 0 bridgehead atoms. The first-order valence-electron chi connectivity index (χ1n) is 9.50. The van der Waals surface area contributed by atoms with E-state index >= 15 is 0 Å². The Hall–Kier alpha value is -2.43. The van der Waals surface area contributed by atoms with E-state index in [-0.39, 0.29) is 5.91 Å². The van der Waals surface area contributed by atoms with Gasteiger partial charge in [-0.1, -0.05) is 26.3 Å². The number of nitrogens with two attached hydrogens (primary N) is 1. The van der Waals surface area contributed by atoms with Crippen LogP contribution in [0.5, 0.6) is 11.5 Å². The molecule has 2 aromatic rings. The molecule has 0 spiro atoms. The molecular weight excluding hydrogens is 328 g/mol. The maximum Gasteiger partial charge on any atom is 0.251 e. The summed E-state index contributed by atoms with van der Waals surface area (Å²) < 4.78 is 13.6. The van der Waals surface area contributed by atoms with Crippen LogP contribution >= 0.6 is 0 Å². The van der Waals surface area contributed by atoms with Crippen molar-refractivity contribution in [2.75, 3.05) is 13.2 Å². The Morgan fingerprint density at radius 1 is 1.15 bits per heavy atom. The molecule has 1 amide bonds. The number of hydrogen-bond acceptors (Lipinski definition) is 3. The minimum atomic E-state index is -0.375. The number of hydrogen-bond donors (Lipinski definition) is 1. The third-order valence-electron chi connectivity index (χ3n) is 4.92. The molecule has 3 rings (SSSR count). The van der Waals surface area contributed by atoms with Crippen LogP contribution in [0.3, 0.4) is 0 Å². The molecule has 0 saturated heterocycles. The van der Waals surface area contributed by atoms with Gasteiger partial charge in [-0.05, 0) is 43.9 Å². The molecule has 0 unspecified atom stereocenters. The fourth-order valence-corrected chi connectivity index (χ4v) is 3.74. The molecule has 5 heteroatoms. The number of amides is 1. The zero-order valence-corrected chi connectivity index (χ0v) is 15.9. The van der Waals surface area contributed by atoms with Gasteiger partial charge in [0.1, 0.15) is 13.2 Å². The summed E-state index contributed by atoms with van der Waals surface area (Å²) in [6.45, 7) is 8.31. The van der Waals surface area contributed by atoms with Crippen LogP contribution in [0.4, 0.5) is 0 Å². The summed E-state index contributed by atoms with van der Waals surface area (Å²) in [4.78, 5) is 12.3. The van der Waals surface area contributed by atoms with Gasteiger partial charge in [0.05, 0.1) is 5.56 Å². The second-order valence-electron chi connectivity index (χ2n) is 6.76. The van der Waals surface area contributed by atoms with Gasteiger partial charge in [-0.2, -0.15) is 0 Å². The smallest absolute Gasteiger partial charge is 0.251 e. The lowest BCUT2D eigenvalue weighted by Crippen LogP contribution is -2.15. The molecule has 0 radical (unpaired) electrons. The highest BCUT2D eigenvalue weighted by Crippen LogP contribution is 2.39. The largest absolute Gasteiger partial charge is 0.486 e. The van der Waals surface area contributed by atoms with Crippen LogP contribution in [0.1, 0.15) is 54.9 Å². The Bertz CT molecular complexity index is 808. The van der Waals surface area contributed by atoms with E-state index in [0.29, 0.717) is 18.8 Å². The van der Waals surface area contributed by atoms with Gasteiger partial charge >= 0.3 is 0 Å². The number of carbonyl (C=O) groups excluding carboxylic acids is 1. The van der Waals surface area contributed by atoms with Crippen LogP contribution in [0.2, 0.25) is 0 Å². The van der Waals surface area contributed by atoms with Crippen LogP contribution in [-0.2, 0) is 13.0 Å². The Labute approximate surface area is 155 Å².